The molecule has 0 aliphatic carbocycles. The second-order valence-electron chi connectivity index (χ2n) is 4.47. The molecule has 0 saturated carbocycles. The molecule has 3 nitrogen and oxygen atoms in total. The van der Waals surface area contributed by atoms with Crippen molar-refractivity contribution in [2.24, 2.45) is 5.73 Å². The number of hydrogen-bond acceptors (Lipinski definition) is 2. The van der Waals surface area contributed by atoms with E-state index in [0.29, 0.717) is 0 Å². The topological polar surface area (TPSA) is 52.3 Å². The van der Waals surface area contributed by atoms with Gasteiger partial charge in [-0.05, 0) is 38.3 Å². The van der Waals surface area contributed by atoms with Crippen molar-refractivity contribution >= 4 is 6.09 Å². The van der Waals surface area contributed by atoms with Gasteiger partial charge in [0.25, 0.3) is 0 Å². The molecule has 1 aromatic rings. The van der Waals surface area contributed by atoms with Crippen molar-refractivity contribution in [1.82, 2.24) is 0 Å². The van der Waals surface area contributed by atoms with E-state index in [9.17, 15) is 4.79 Å². The first-order valence-electron chi connectivity index (χ1n) is 6.45. The van der Waals surface area contributed by atoms with Crippen molar-refractivity contribution < 1.29 is 9.53 Å². The molecule has 1 unspecified atom stereocenters. The quantitative estimate of drug-likeness (QED) is 0.880. The second kappa shape index (κ2) is 9.51. The van der Waals surface area contributed by atoms with E-state index in [1.165, 1.54) is 11.1 Å². The number of hydrogen-bond donors (Lipinski definition) is 1. The molecule has 2 N–H and O–H groups in total. The number of aryl methyl sites for hydroxylation is 2. The Morgan fingerprint density at radius 2 is 1.78 bits per heavy atom. The zero-order valence-electron chi connectivity index (χ0n) is 11.9. The van der Waals surface area contributed by atoms with Gasteiger partial charge in [0.05, 0.1) is 0 Å². The number of benzene rings is 1. The average Bonchev–Trinajstić information content (AvgIpc) is 2.30. The van der Waals surface area contributed by atoms with Gasteiger partial charge in [0.1, 0.15) is 6.10 Å². The molecule has 0 bridgehead atoms. The summed E-state index contributed by atoms with van der Waals surface area (Å²) in [5, 5.41) is 0. The Labute approximate surface area is 110 Å². The van der Waals surface area contributed by atoms with Gasteiger partial charge >= 0.3 is 6.09 Å². The summed E-state index contributed by atoms with van der Waals surface area (Å²) in [6.45, 7) is 8.18. The van der Waals surface area contributed by atoms with Crippen molar-refractivity contribution in [3.8, 4) is 0 Å². The number of unbranched alkanes of at least 4 members (excludes halogenated alkanes) is 1. The number of amides is 1. The highest BCUT2D eigenvalue weighted by atomic mass is 16.6. The lowest BCUT2D eigenvalue weighted by atomic mass is 10.1. The van der Waals surface area contributed by atoms with Crippen LogP contribution in [-0.4, -0.2) is 12.2 Å². The predicted octanol–water partition coefficient (Wildman–Crippen LogP) is 3.96. The fraction of sp³-hybridized carbons (Fsp3) is 0.533. The molecule has 0 fully saturated rings. The molecule has 0 aliphatic heterocycles. The normalized spacial score (nSPS) is 11.1. The van der Waals surface area contributed by atoms with E-state index in [1.54, 1.807) is 0 Å². The largest absolute Gasteiger partial charge is 0.447 e. The molecule has 0 heterocycles. The summed E-state index contributed by atoms with van der Waals surface area (Å²) in [6.07, 6.45) is 2.39. The van der Waals surface area contributed by atoms with Gasteiger partial charge in [-0.1, -0.05) is 44.0 Å². The highest BCUT2D eigenvalue weighted by Crippen LogP contribution is 2.03. The highest BCUT2D eigenvalue weighted by Gasteiger charge is 2.03. The summed E-state index contributed by atoms with van der Waals surface area (Å²) < 4.78 is 4.69. The van der Waals surface area contributed by atoms with Crippen molar-refractivity contribution in [3.63, 3.8) is 0 Å². The number of carbonyl (C=O) groups excluding carboxylic acids is 1. The zero-order valence-corrected chi connectivity index (χ0v) is 11.9. The zero-order chi connectivity index (χ0) is 14.0. The second-order valence-corrected chi connectivity index (χ2v) is 4.47. The maximum Gasteiger partial charge on any atom is 0.404 e. The smallest absolute Gasteiger partial charge is 0.404 e. The van der Waals surface area contributed by atoms with Crippen molar-refractivity contribution in [2.45, 2.75) is 53.1 Å². The van der Waals surface area contributed by atoms with Crippen LogP contribution in [-0.2, 0) is 4.74 Å². The molecule has 1 atom stereocenters. The molecule has 0 aromatic heterocycles. The average molecular weight is 251 g/mol. The molecule has 18 heavy (non-hydrogen) atoms. The summed E-state index contributed by atoms with van der Waals surface area (Å²) in [7, 11) is 0. The van der Waals surface area contributed by atoms with Crippen LogP contribution in [0, 0.1) is 13.8 Å². The third-order valence-electron chi connectivity index (χ3n) is 2.71. The van der Waals surface area contributed by atoms with Gasteiger partial charge in [-0.2, -0.15) is 0 Å². The number of rotatable bonds is 4. The number of carbonyl (C=O) groups is 1. The molecular formula is C15H25NO2. The standard InChI is InChI=1S/C8H10.C7H15NO2/c1-7-5-3-4-6-8(7)2;1-3-4-5-6(2)10-7(8)9/h3-6H,1-2H3;6H,3-5H2,1-2H3,(H2,8,9). The van der Waals surface area contributed by atoms with E-state index < -0.39 is 6.09 Å². The van der Waals surface area contributed by atoms with Gasteiger partial charge in [-0.15, -0.1) is 0 Å². The van der Waals surface area contributed by atoms with Crippen LogP contribution in [0.15, 0.2) is 24.3 Å². The minimum absolute atomic E-state index is 0.0301. The molecule has 0 aliphatic rings. The van der Waals surface area contributed by atoms with Crippen LogP contribution in [0.2, 0.25) is 0 Å². The molecule has 0 radical (unpaired) electrons. The fourth-order valence-corrected chi connectivity index (χ4v) is 1.41. The van der Waals surface area contributed by atoms with Gasteiger partial charge in [0.15, 0.2) is 0 Å². The minimum Gasteiger partial charge on any atom is -0.447 e. The molecular weight excluding hydrogens is 226 g/mol. The van der Waals surface area contributed by atoms with Crippen LogP contribution in [0.3, 0.4) is 0 Å². The van der Waals surface area contributed by atoms with Gasteiger partial charge < -0.3 is 10.5 Å². The van der Waals surface area contributed by atoms with Gasteiger partial charge in [0.2, 0.25) is 0 Å². The number of nitrogens with two attached hydrogens (primary N) is 1. The van der Waals surface area contributed by atoms with Gasteiger partial charge in [0, 0.05) is 0 Å². The molecule has 0 spiro atoms. The van der Waals surface area contributed by atoms with E-state index >= 15 is 0 Å². The molecule has 3 heteroatoms. The fourth-order valence-electron chi connectivity index (χ4n) is 1.41. The molecule has 1 amide bonds. The molecule has 0 saturated heterocycles. The summed E-state index contributed by atoms with van der Waals surface area (Å²) in [4.78, 5) is 10.2. The Hall–Kier alpha value is -1.51. The monoisotopic (exact) mass is 251 g/mol. The van der Waals surface area contributed by atoms with Crippen molar-refractivity contribution in [1.29, 1.82) is 0 Å². The van der Waals surface area contributed by atoms with Gasteiger partial charge in [-0.25, -0.2) is 4.79 Å². The van der Waals surface area contributed by atoms with E-state index in [2.05, 4.69) is 45.0 Å². The lowest BCUT2D eigenvalue weighted by Crippen LogP contribution is -2.20. The highest BCUT2D eigenvalue weighted by molar-refractivity contribution is 5.64. The lowest BCUT2D eigenvalue weighted by molar-refractivity contribution is 0.110. The summed E-state index contributed by atoms with van der Waals surface area (Å²) >= 11 is 0. The van der Waals surface area contributed by atoms with Crippen LogP contribution in [0.25, 0.3) is 0 Å². The summed E-state index contributed by atoms with van der Waals surface area (Å²) in [6, 6.07) is 8.36. The maximum atomic E-state index is 10.2. The summed E-state index contributed by atoms with van der Waals surface area (Å²) in [5.41, 5.74) is 7.54. The van der Waals surface area contributed by atoms with E-state index in [-0.39, 0.29) is 6.10 Å². The van der Waals surface area contributed by atoms with Crippen LogP contribution in [0.5, 0.6) is 0 Å². The van der Waals surface area contributed by atoms with Gasteiger partial charge in [-0.3, -0.25) is 0 Å². The first-order valence-corrected chi connectivity index (χ1v) is 6.45. The lowest BCUT2D eigenvalue weighted by Gasteiger charge is -2.09. The Balaban J connectivity index is 0.000000327. The molecule has 1 rings (SSSR count). The summed E-state index contributed by atoms with van der Waals surface area (Å²) in [5.74, 6) is 0. The first-order chi connectivity index (χ1) is 8.47. The number of primary amides is 1. The minimum atomic E-state index is -0.677. The Kier molecular flexibility index (Phi) is 8.71. The van der Waals surface area contributed by atoms with Crippen molar-refractivity contribution in [3.05, 3.63) is 35.4 Å². The van der Waals surface area contributed by atoms with Crippen LogP contribution >= 0.6 is 0 Å². The SMILES string of the molecule is CCCCC(C)OC(N)=O.Cc1ccccc1C. The van der Waals surface area contributed by atoms with Crippen molar-refractivity contribution in [2.75, 3.05) is 0 Å². The Morgan fingerprint density at radius 1 is 1.28 bits per heavy atom. The molecule has 102 valence electrons. The van der Waals surface area contributed by atoms with E-state index in [4.69, 9.17) is 10.5 Å². The van der Waals surface area contributed by atoms with Crippen LogP contribution in [0.4, 0.5) is 4.79 Å². The Bertz CT molecular complexity index is 329. The molecule has 1 aromatic carbocycles. The third-order valence-corrected chi connectivity index (χ3v) is 2.71. The Morgan fingerprint density at radius 3 is 2.11 bits per heavy atom. The van der Waals surface area contributed by atoms with Crippen LogP contribution < -0.4 is 5.73 Å². The number of ether oxygens (including phenoxy) is 1. The first kappa shape index (κ1) is 16.5. The predicted molar refractivity (Wildman–Crippen MR) is 75.6 cm³/mol. The van der Waals surface area contributed by atoms with E-state index in [1.807, 2.05) is 6.92 Å². The third kappa shape index (κ3) is 8.62. The maximum absolute atomic E-state index is 10.2. The van der Waals surface area contributed by atoms with E-state index in [0.717, 1.165) is 19.3 Å². The van der Waals surface area contributed by atoms with Crippen LogP contribution in [0.1, 0.15) is 44.2 Å².